The third-order valence-corrected chi connectivity index (χ3v) is 7.81. The van der Waals surface area contributed by atoms with Gasteiger partial charge in [-0.25, -0.2) is 4.98 Å². The highest BCUT2D eigenvalue weighted by Crippen LogP contribution is 2.35. The minimum atomic E-state index is -0.0816. The molecule has 5 nitrogen and oxygen atoms in total. The second kappa shape index (κ2) is 7.38. The Morgan fingerprint density at radius 2 is 2.11 bits per heavy atom. The van der Waals surface area contributed by atoms with Crippen molar-refractivity contribution >= 4 is 27.5 Å². The fraction of sp³-hybridized carbons (Fsp3) is 0.667. The fourth-order valence-corrected chi connectivity index (χ4v) is 6.01. The SMILES string of the molecule is C[C@@H]1CCc2c(sc3ncn(CC(=O)N[C@@H]4CCC[C@H](C)[C@@H]4C)c(=O)c23)C1. The molecule has 2 aromatic rings. The van der Waals surface area contributed by atoms with Crippen molar-refractivity contribution < 1.29 is 4.79 Å². The van der Waals surface area contributed by atoms with Crippen molar-refractivity contribution in [2.75, 3.05) is 0 Å². The molecule has 27 heavy (non-hydrogen) atoms. The lowest BCUT2D eigenvalue weighted by atomic mass is 9.78. The van der Waals surface area contributed by atoms with Crippen LogP contribution in [0.15, 0.2) is 11.1 Å². The molecule has 2 aliphatic rings. The molecule has 146 valence electrons. The maximum absolute atomic E-state index is 13.0. The van der Waals surface area contributed by atoms with E-state index in [1.54, 1.807) is 17.7 Å². The van der Waals surface area contributed by atoms with Crippen molar-refractivity contribution in [3.8, 4) is 0 Å². The van der Waals surface area contributed by atoms with E-state index in [1.165, 1.54) is 21.4 Å². The molecule has 4 atom stereocenters. The van der Waals surface area contributed by atoms with Gasteiger partial charge in [0, 0.05) is 10.9 Å². The summed E-state index contributed by atoms with van der Waals surface area (Å²) in [5, 5.41) is 3.91. The van der Waals surface area contributed by atoms with E-state index in [2.05, 4.69) is 31.1 Å². The first kappa shape index (κ1) is 18.7. The molecule has 2 heterocycles. The molecule has 0 unspecified atom stereocenters. The Bertz CT molecular complexity index is 916. The van der Waals surface area contributed by atoms with Gasteiger partial charge >= 0.3 is 0 Å². The number of nitrogens with one attached hydrogen (secondary N) is 1. The number of hydrogen-bond acceptors (Lipinski definition) is 4. The quantitative estimate of drug-likeness (QED) is 0.876. The number of carbonyl (C=O) groups is 1. The third-order valence-electron chi connectivity index (χ3n) is 6.65. The molecule has 2 aliphatic carbocycles. The van der Waals surface area contributed by atoms with Crippen molar-refractivity contribution in [1.29, 1.82) is 0 Å². The largest absolute Gasteiger partial charge is 0.352 e. The zero-order valence-electron chi connectivity index (χ0n) is 16.5. The van der Waals surface area contributed by atoms with Crippen LogP contribution in [-0.4, -0.2) is 21.5 Å². The van der Waals surface area contributed by atoms with E-state index in [1.807, 2.05) is 0 Å². The summed E-state index contributed by atoms with van der Waals surface area (Å²) in [6.07, 6.45) is 8.06. The average Bonchev–Trinajstić information content (AvgIpc) is 2.99. The molecule has 0 bridgehead atoms. The van der Waals surface area contributed by atoms with Crippen LogP contribution < -0.4 is 10.9 Å². The van der Waals surface area contributed by atoms with Crippen LogP contribution in [0.2, 0.25) is 0 Å². The van der Waals surface area contributed by atoms with Crippen LogP contribution in [-0.2, 0) is 24.2 Å². The van der Waals surface area contributed by atoms with Gasteiger partial charge in [-0.3, -0.25) is 14.2 Å². The van der Waals surface area contributed by atoms with Gasteiger partial charge in [0.25, 0.3) is 5.56 Å². The van der Waals surface area contributed by atoms with E-state index in [0.717, 1.165) is 42.3 Å². The Morgan fingerprint density at radius 3 is 2.93 bits per heavy atom. The van der Waals surface area contributed by atoms with Gasteiger partial charge in [0.1, 0.15) is 11.4 Å². The molecular formula is C21H29N3O2S. The van der Waals surface area contributed by atoms with Crippen molar-refractivity contribution in [3.05, 3.63) is 27.1 Å². The normalized spacial score (nSPS) is 28.1. The second-order valence-electron chi connectivity index (χ2n) is 8.65. The van der Waals surface area contributed by atoms with Gasteiger partial charge in [-0.05, 0) is 49.0 Å². The van der Waals surface area contributed by atoms with Gasteiger partial charge in [-0.2, -0.15) is 0 Å². The fourth-order valence-electron chi connectivity index (χ4n) is 4.67. The summed E-state index contributed by atoms with van der Waals surface area (Å²) in [5.41, 5.74) is 1.11. The maximum Gasteiger partial charge on any atom is 0.262 e. The first-order valence-corrected chi connectivity index (χ1v) is 11.0. The highest BCUT2D eigenvalue weighted by molar-refractivity contribution is 7.18. The van der Waals surface area contributed by atoms with Gasteiger partial charge in [0.05, 0.1) is 11.7 Å². The predicted octanol–water partition coefficient (Wildman–Crippen LogP) is 3.52. The molecule has 0 aliphatic heterocycles. The highest BCUT2D eigenvalue weighted by Gasteiger charge is 2.28. The van der Waals surface area contributed by atoms with Crippen LogP contribution in [0.25, 0.3) is 10.2 Å². The molecule has 0 spiro atoms. The molecule has 0 radical (unpaired) electrons. The number of aryl methyl sites for hydroxylation is 1. The molecule has 0 aromatic carbocycles. The summed E-state index contributed by atoms with van der Waals surface area (Å²) >= 11 is 1.65. The zero-order valence-corrected chi connectivity index (χ0v) is 17.3. The van der Waals surface area contributed by atoms with E-state index in [-0.39, 0.29) is 24.1 Å². The maximum atomic E-state index is 13.0. The summed E-state index contributed by atoms with van der Waals surface area (Å²) < 4.78 is 1.49. The van der Waals surface area contributed by atoms with Gasteiger partial charge < -0.3 is 5.32 Å². The van der Waals surface area contributed by atoms with E-state index in [0.29, 0.717) is 17.8 Å². The number of carbonyl (C=O) groups excluding carboxylic acids is 1. The topological polar surface area (TPSA) is 64.0 Å². The lowest BCUT2D eigenvalue weighted by Gasteiger charge is -2.34. The average molecular weight is 388 g/mol. The number of aromatic nitrogens is 2. The molecule has 0 saturated heterocycles. The Morgan fingerprint density at radius 1 is 1.30 bits per heavy atom. The monoisotopic (exact) mass is 387 g/mol. The third kappa shape index (κ3) is 3.56. The van der Waals surface area contributed by atoms with Gasteiger partial charge in [-0.1, -0.05) is 33.6 Å². The van der Waals surface area contributed by atoms with E-state index in [9.17, 15) is 9.59 Å². The van der Waals surface area contributed by atoms with Gasteiger partial charge in [0.2, 0.25) is 5.91 Å². The number of amides is 1. The summed E-state index contributed by atoms with van der Waals surface area (Å²) in [7, 11) is 0. The van der Waals surface area contributed by atoms with E-state index >= 15 is 0 Å². The van der Waals surface area contributed by atoms with Gasteiger partial charge in [0.15, 0.2) is 0 Å². The number of fused-ring (bicyclic) bond motifs is 3. The summed E-state index contributed by atoms with van der Waals surface area (Å²) in [5.74, 6) is 1.69. The molecule has 6 heteroatoms. The standard InChI is InChI=1S/C21H29N3O2S/c1-12-7-8-15-17(9-12)27-20-19(15)21(26)24(11-22-20)10-18(25)23-16-6-4-5-13(2)14(16)3/h11-14,16H,4-10H2,1-3H3,(H,23,25)/t12-,13+,14+,16-/m1/s1. The number of rotatable bonds is 3. The minimum absolute atomic E-state index is 0.0559. The van der Waals surface area contributed by atoms with Crippen LogP contribution >= 0.6 is 11.3 Å². The van der Waals surface area contributed by atoms with Crippen molar-refractivity contribution in [1.82, 2.24) is 14.9 Å². The van der Waals surface area contributed by atoms with Crippen LogP contribution in [0.5, 0.6) is 0 Å². The smallest absolute Gasteiger partial charge is 0.262 e. The molecule has 2 aromatic heterocycles. The van der Waals surface area contributed by atoms with E-state index in [4.69, 9.17) is 0 Å². The molecule has 1 fully saturated rings. The molecular weight excluding hydrogens is 358 g/mol. The van der Waals surface area contributed by atoms with Crippen LogP contribution in [0.3, 0.4) is 0 Å². The van der Waals surface area contributed by atoms with Gasteiger partial charge in [-0.15, -0.1) is 11.3 Å². The lowest BCUT2D eigenvalue weighted by molar-refractivity contribution is -0.123. The Kier molecular flexibility index (Phi) is 5.10. The Hall–Kier alpha value is -1.69. The van der Waals surface area contributed by atoms with Crippen LogP contribution in [0.4, 0.5) is 0 Å². The number of hydrogen-bond donors (Lipinski definition) is 1. The molecule has 4 rings (SSSR count). The molecule has 1 N–H and O–H groups in total. The first-order valence-electron chi connectivity index (χ1n) is 10.2. The summed E-state index contributed by atoms with van der Waals surface area (Å²) in [4.78, 5) is 32.3. The Balaban J connectivity index is 1.55. The molecule has 1 amide bonds. The minimum Gasteiger partial charge on any atom is -0.352 e. The van der Waals surface area contributed by atoms with Crippen molar-refractivity contribution in [2.45, 2.75) is 71.9 Å². The molecule has 1 saturated carbocycles. The van der Waals surface area contributed by atoms with Crippen molar-refractivity contribution in [3.63, 3.8) is 0 Å². The zero-order chi connectivity index (χ0) is 19.1. The Labute approximate surface area is 164 Å². The lowest BCUT2D eigenvalue weighted by Crippen LogP contribution is -2.45. The van der Waals surface area contributed by atoms with Crippen molar-refractivity contribution in [2.24, 2.45) is 17.8 Å². The second-order valence-corrected chi connectivity index (χ2v) is 9.73. The highest BCUT2D eigenvalue weighted by atomic mass is 32.1. The van der Waals surface area contributed by atoms with Crippen LogP contribution in [0.1, 0.15) is 56.9 Å². The number of nitrogens with zero attached hydrogens (tertiary/aromatic N) is 2. The summed E-state index contributed by atoms with van der Waals surface area (Å²) in [6.45, 7) is 6.79. The summed E-state index contributed by atoms with van der Waals surface area (Å²) in [6, 6.07) is 0.212. The predicted molar refractivity (Wildman–Crippen MR) is 109 cm³/mol. The van der Waals surface area contributed by atoms with E-state index < -0.39 is 0 Å². The van der Waals surface area contributed by atoms with Crippen LogP contribution in [0, 0.1) is 17.8 Å². The first-order chi connectivity index (χ1) is 12.9. The number of thiophene rings is 1.